The molecule has 0 aromatic heterocycles. The topological polar surface area (TPSA) is 38.3 Å². The fraction of sp³-hybridized carbons (Fsp3) is 0.316. The van der Waals surface area contributed by atoms with Crippen molar-refractivity contribution in [2.24, 2.45) is 11.8 Å². The average Bonchev–Trinajstić information content (AvgIpc) is 3.39. The molecule has 1 aliphatic carbocycles. The highest BCUT2D eigenvalue weighted by atomic mass is 16.5. The van der Waals surface area contributed by atoms with E-state index in [0.717, 1.165) is 17.0 Å². The smallest absolute Gasteiger partial charge is 0.227 e. The van der Waals surface area contributed by atoms with Crippen LogP contribution in [0.1, 0.15) is 25.3 Å². The highest BCUT2D eigenvalue weighted by Crippen LogP contribution is 2.37. The second-order valence-electron chi connectivity index (χ2n) is 5.91. The van der Waals surface area contributed by atoms with Gasteiger partial charge in [0.15, 0.2) is 0 Å². The second kappa shape index (κ2) is 6.65. The van der Waals surface area contributed by atoms with Crippen LogP contribution in [-0.2, 0) is 11.4 Å². The van der Waals surface area contributed by atoms with Crippen LogP contribution in [0.15, 0.2) is 54.6 Å². The van der Waals surface area contributed by atoms with Crippen molar-refractivity contribution in [3.05, 3.63) is 60.2 Å². The lowest BCUT2D eigenvalue weighted by Gasteiger charge is -2.12. The molecule has 114 valence electrons. The van der Waals surface area contributed by atoms with Crippen LogP contribution in [0.4, 0.5) is 5.69 Å². The molecule has 3 nitrogen and oxygen atoms in total. The molecule has 1 atom stereocenters. The number of rotatable bonds is 6. The minimum atomic E-state index is 0.106. The van der Waals surface area contributed by atoms with Gasteiger partial charge in [-0.1, -0.05) is 37.3 Å². The third-order valence-electron chi connectivity index (χ3n) is 4.11. The van der Waals surface area contributed by atoms with E-state index >= 15 is 0 Å². The van der Waals surface area contributed by atoms with E-state index in [1.165, 1.54) is 12.8 Å². The lowest BCUT2D eigenvalue weighted by molar-refractivity contribution is -0.119. The first kappa shape index (κ1) is 14.6. The third kappa shape index (κ3) is 3.88. The van der Waals surface area contributed by atoms with Crippen molar-refractivity contribution in [1.29, 1.82) is 0 Å². The number of ether oxygens (including phenoxy) is 1. The number of carbonyl (C=O) groups is 1. The number of nitrogens with one attached hydrogen (secondary N) is 1. The van der Waals surface area contributed by atoms with Gasteiger partial charge in [0.1, 0.15) is 12.4 Å². The summed E-state index contributed by atoms with van der Waals surface area (Å²) in [5.74, 6) is 1.60. The van der Waals surface area contributed by atoms with E-state index in [0.29, 0.717) is 12.5 Å². The van der Waals surface area contributed by atoms with Crippen molar-refractivity contribution < 1.29 is 9.53 Å². The maximum atomic E-state index is 12.0. The first-order chi connectivity index (χ1) is 10.7. The third-order valence-corrected chi connectivity index (χ3v) is 4.11. The molecule has 0 bridgehead atoms. The molecule has 1 aliphatic rings. The summed E-state index contributed by atoms with van der Waals surface area (Å²) in [5.41, 5.74) is 1.96. The van der Waals surface area contributed by atoms with Gasteiger partial charge in [0, 0.05) is 11.6 Å². The highest BCUT2D eigenvalue weighted by molar-refractivity contribution is 5.92. The van der Waals surface area contributed by atoms with Crippen molar-refractivity contribution in [3.63, 3.8) is 0 Å². The van der Waals surface area contributed by atoms with Crippen LogP contribution in [-0.4, -0.2) is 5.91 Å². The Labute approximate surface area is 131 Å². The Morgan fingerprint density at radius 1 is 1.14 bits per heavy atom. The Morgan fingerprint density at radius 2 is 1.82 bits per heavy atom. The fourth-order valence-electron chi connectivity index (χ4n) is 2.44. The monoisotopic (exact) mass is 295 g/mol. The molecule has 0 heterocycles. The molecule has 2 aromatic carbocycles. The zero-order chi connectivity index (χ0) is 15.4. The molecular weight excluding hydrogens is 274 g/mol. The molecule has 0 saturated heterocycles. The molecule has 0 aliphatic heterocycles. The van der Waals surface area contributed by atoms with Gasteiger partial charge < -0.3 is 10.1 Å². The Bertz CT molecular complexity index is 618. The van der Waals surface area contributed by atoms with Crippen LogP contribution in [0.2, 0.25) is 0 Å². The summed E-state index contributed by atoms with van der Waals surface area (Å²) >= 11 is 0. The Balaban J connectivity index is 1.52. The van der Waals surface area contributed by atoms with Crippen LogP contribution >= 0.6 is 0 Å². The van der Waals surface area contributed by atoms with Crippen molar-refractivity contribution in [1.82, 2.24) is 0 Å². The number of hydrogen-bond acceptors (Lipinski definition) is 2. The van der Waals surface area contributed by atoms with Crippen molar-refractivity contribution in [3.8, 4) is 5.75 Å². The van der Waals surface area contributed by atoms with Gasteiger partial charge in [0.05, 0.1) is 0 Å². The van der Waals surface area contributed by atoms with E-state index < -0.39 is 0 Å². The van der Waals surface area contributed by atoms with Gasteiger partial charge >= 0.3 is 0 Å². The van der Waals surface area contributed by atoms with E-state index in [-0.39, 0.29) is 11.8 Å². The van der Waals surface area contributed by atoms with E-state index in [9.17, 15) is 4.79 Å². The van der Waals surface area contributed by atoms with Gasteiger partial charge in [-0.15, -0.1) is 0 Å². The summed E-state index contributed by atoms with van der Waals surface area (Å²) < 4.78 is 5.73. The van der Waals surface area contributed by atoms with Crippen molar-refractivity contribution in [2.75, 3.05) is 5.32 Å². The van der Waals surface area contributed by atoms with Gasteiger partial charge in [-0.25, -0.2) is 0 Å². The summed E-state index contributed by atoms with van der Waals surface area (Å²) in [5, 5.41) is 2.97. The lowest BCUT2D eigenvalue weighted by atomic mass is 10.1. The maximum absolute atomic E-state index is 12.0. The standard InChI is InChI=1S/C19H21NO2/c1-14(16-7-8-16)19(21)20-17-9-11-18(12-10-17)22-13-15-5-3-2-4-6-15/h2-6,9-12,14,16H,7-8,13H2,1H3,(H,20,21). The fourth-order valence-corrected chi connectivity index (χ4v) is 2.44. The number of hydrogen-bond donors (Lipinski definition) is 1. The Hall–Kier alpha value is -2.29. The largest absolute Gasteiger partial charge is 0.489 e. The van der Waals surface area contributed by atoms with Crippen LogP contribution in [0, 0.1) is 11.8 Å². The predicted molar refractivity (Wildman–Crippen MR) is 87.7 cm³/mol. The quantitative estimate of drug-likeness (QED) is 0.865. The second-order valence-corrected chi connectivity index (χ2v) is 5.91. The predicted octanol–water partition coefficient (Wildman–Crippen LogP) is 4.25. The molecule has 2 aromatic rings. The van der Waals surface area contributed by atoms with Gasteiger partial charge in [0.25, 0.3) is 0 Å². The number of amides is 1. The van der Waals surface area contributed by atoms with E-state index in [2.05, 4.69) is 5.32 Å². The summed E-state index contributed by atoms with van der Waals surface area (Å²) in [7, 11) is 0. The molecule has 1 N–H and O–H groups in total. The molecule has 3 heteroatoms. The van der Waals surface area contributed by atoms with E-state index in [4.69, 9.17) is 4.74 Å². The van der Waals surface area contributed by atoms with Crippen LogP contribution in [0.5, 0.6) is 5.75 Å². The summed E-state index contributed by atoms with van der Waals surface area (Å²) in [6.07, 6.45) is 2.36. The minimum Gasteiger partial charge on any atom is -0.489 e. The lowest BCUT2D eigenvalue weighted by Crippen LogP contribution is -2.21. The van der Waals surface area contributed by atoms with Crippen LogP contribution in [0.25, 0.3) is 0 Å². The number of carbonyl (C=O) groups excluding carboxylic acids is 1. The normalized spacial score (nSPS) is 15.1. The molecule has 0 spiro atoms. The van der Waals surface area contributed by atoms with Gasteiger partial charge in [-0.3, -0.25) is 4.79 Å². The van der Waals surface area contributed by atoms with Gasteiger partial charge in [-0.2, -0.15) is 0 Å². The molecular formula is C19H21NO2. The Morgan fingerprint density at radius 3 is 2.45 bits per heavy atom. The van der Waals surface area contributed by atoms with Gasteiger partial charge in [0.2, 0.25) is 5.91 Å². The van der Waals surface area contributed by atoms with Crippen molar-refractivity contribution in [2.45, 2.75) is 26.4 Å². The summed E-state index contributed by atoms with van der Waals surface area (Å²) in [4.78, 5) is 12.0. The van der Waals surface area contributed by atoms with E-state index in [1.54, 1.807) is 0 Å². The average molecular weight is 295 g/mol. The molecule has 1 fully saturated rings. The minimum absolute atomic E-state index is 0.106. The molecule has 3 rings (SSSR count). The SMILES string of the molecule is CC(C(=O)Nc1ccc(OCc2ccccc2)cc1)C1CC1. The zero-order valence-corrected chi connectivity index (χ0v) is 12.8. The molecule has 1 unspecified atom stereocenters. The van der Waals surface area contributed by atoms with Crippen LogP contribution < -0.4 is 10.1 Å². The summed E-state index contributed by atoms with van der Waals surface area (Å²) in [6, 6.07) is 17.6. The zero-order valence-electron chi connectivity index (χ0n) is 12.8. The maximum Gasteiger partial charge on any atom is 0.227 e. The van der Waals surface area contributed by atoms with Crippen molar-refractivity contribution >= 4 is 11.6 Å². The number of anilines is 1. The molecule has 22 heavy (non-hydrogen) atoms. The highest BCUT2D eigenvalue weighted by Gasteiger charge is 2.32. The molecule has 1 saturated carbocycles. The molecule has 0 radical (unpaired) electrons. The molecule has 1 amide bonds. The Kier molecular flexibility index (Phi) is 4.42. The first-order valence-electron chi connectivity index (χ1n) is 7.80. The first-order valence-corrected chi connectivity index (χ1v) is 7.80. The van der Waals surface area contributed by atoms with Crippen LogP contribution in [0.3, 0.4) is 0 Å². The number of benzene rings is 2. The summed E-state index contributed by atoms with van der Waals surface area (Å²) in [6.45, 7) is 2.55. The van der Waals surface area contributed by atoms with E-state index in [1.807, 2.05) is 61.5 Å². The van der Waals surface area contributed by atoms with Gasteiger partial charge in [-0.05, 0) is 48.6 Å².